The molecule has 390 valence electrons. The molecular formula is C50H71N13O9. The molecule has 9 amide bonds. The van der Waals surface area contributed by atoms with Crippen LogP contribution in [0.25, 0.3) is 10.9 Å². The summed E-state index contributed by atoms with van der Waals surface area (Å²) in [5.41, 5.74) is 14.3. The lowest BCUT2D eigenvalue weighted by molar-refractivity contribution is -0.135. The molecule has 0 fully saturated rings. The highest BCUT2D eigenvalue weighted by molar-refractivity contribution is 5.98. The molecule has 0 bridgehead atoms. The van der Waals surface area contributed by atoms with Gasteiger partial charge in [-0.2, -0.15) is 0 Å². The van der Waals surface area contributed by atoms with Crippen LogP contribution in [0.5, 0.6) is 0 Å². The Morgan fingerprint density at radius 3 is 1.93 bits per heavy atom. The second kappa shape index (κ2) is 28.3. The number of rotatable bonds is 29. The van der Waals surface area contributed by atoms with Crippen molar-refractivity contribution in [2.75, 3.05) is 13.1 Å². The van der Waals surface area contributed by atoms with E-state index >= 15 is 0 Å². The topological polar surface area (TPSA) is 346 Å². The highest BCUT2D eigenvalue weighted by atomic mass is 16.2. The van der Waals surface area contributed by atoms with Crippen molar-refractivity contribution in [2.45, 2.75) is 129 Å². The van der Waals surface area contributed by atoms with Gasteiger partial charge >= 0.3 is 0 Å². The minimum absolute atomic E-state index is 0.00651. The number of hydrogen-bond donors (Lipinski definition) is 12. The quantitative estimate of drug-likeness (QED) is 0.0338. The number of amides is 9. The number of H-pyrrole nitrogens is 2. The number of benzene rings is 2. The number of primary amides is 1. The zero-order chi connectivity index (χ0) is 52.9. The molecule has 0 saturated heterocycles. The fourth-order valence-corrected chi connectivity index (χ4v) is 7.68. The van der Waals surface area contributed by atoms with Crippen LogP contribution < -0.4 is 54.0 Å². The van der Waals surface area contributed by atoms with E-state index in [-0.39, 0.29) is 43.9 Å². The monoisotopic (exact) mass is 998 g/mol. The SMILES string of the molecule is CCCNC(=O)[C@H](CC(C)C)NC(=O)[C@H](Cc1cnc[nH]1)NC(=O)CNC(=O)[C@@H](NC(=O)[C@H](C)NC(=O)[C@H](Cc1c[nH]c2ccccc12)NC(=O)[C@H](CCC(N)=O)NC(=O)[C@H](N)Cc1ccccc1)C(C)C. The second-order valence-electron chi connectivity index (χ2n) is 18.5. The number of aromatic amines is 2. The summed E-state index contributed by atoms with van der Waals surface area (Å²) < 4.78 is 0. The summed E-state index contributed by atoms with van der Waals surface area (Å²) in [5.74, 6) is -6.66. The van der Waals surface area contributed by atoms with Gasteiger partial charge in [-0.15, -0.1) is 0 Å². The van der Waals surface area contributed by atoms with Crippen molar-refractivity contribution in [1.29, 1.82) is 0 Å². The summed E-state index contributed by atoms with van der Waals surface area (Å²) in [5, 5.41) is 22.0. The molecule has 22 heteroatoms. The maximum Gasteiger partial charge on any atom is 0.243 e. The summed E-state index contributed by atoms with van der Waals surface area (Å²) in [4.78, 5) is 131. The van der Waals surface area contributed by atoms with Crippen LogP contribution in [-0.4, -0.2) is 123 Å². The number of nitrogens with one attached hydrogen (secondary N) is 10. The Morgan fingerprint density at radius 2 is 1.28 bits per heavy atom. The number of carbonyl (C=O) groups excluding carboxylic acids is 9. The van der Waals surface area contributed by atoms with Crippen LogP contribution >= 0.6 is 0 Å². The maximum atomic E-state index is 14.2. The smallest absolute Gasteiger partial charge is 0.243 e. The maximum absolute atomic E-state index is 14.2. The third-order valence-electron chi connectivity index (χ3n) is 11.6. The Kier molecular flexibility index (Phi) is 22.4. The predicted molar refractivity (Wildman–Crippen MR) is 269 cm³/mol. The first-order valence-electron chi connectivity index (χ1n) is 24.2. The molecule has 2 heterocycles. The van der Waals surface area contributed by atoms with Gasteiger partial charge in [-0.1, -0.05) is 83.1 Å². The van der Waals surface area contributed by atoms with Crippen LogP contribution in [-0.2, 0) is 62.4 Å². The lowest BCUT2D eigenvalue weighted by Gasteiger charge is -2.26. The average Bonchev–Trinajstić information content (AvgIpc) is 4.02. The molecule has 0 aliphatic heterocycles. The highest BCUT2D eigenvalue weighted by Gasteiger charge is 2.33. The van der Waals surface area contributed by atoms with Gasteiger partial charge in [-0.3, -0.25) is 43.2 Å². The van der Waals surface area contributed by atoms with Crippen molar-refractivity contribution in [1.82, 2.24) is 57.5 Å². The van der Waals surface area contributed by atoms with Gasteiger partial charge in [0.15, 0.2) is 0 Å². The number of para-hydroxylation sites is 1. The summed E-state index contributed by atoms with van der Waals surface area (Å²) in [6.45, 7) is 10.3. The normalized spacial score (nSPS) is 14.1. The minimum Gasteiger partial charge on any atom is -0.370 e. The Labute approximate surface area is 418 Å². The number of imidazole rings is 1. The Hall–Kier alpha value is -7.62. The Morgan fingerprint density at radius 1 is 0.639 bits per heavy atom. The molecule has 0 unspecified atom stereocenters. The van der Waals surface area contributed by atoms with Crippen molar-refractivity contribution in [2.24, 2.45) is 23.3 Å². The first-order valence-corrected chi connectivity index (χ1v) is 24.2. The number of aromatic nitrogens is 3. The van der Waals surface area contributed by atoms with Crippen LogP contribution in [0.3, 0.4) is 0 Å². The first kappa shape index (κ1) is 57.0. The van der Waals surface area contributed by atoms with E-state index in [1.165, 1.54) is 19.4 Å². The lowest BCUT2D eigenvalue weighted by atomic mass is 10.0. The molecule has 7 atom stereocenters. The van der Waals surface area contributed by atoms with E-state index in [2.05, 4.69) is 57.5 Å². The minimum atomic E-state index is -1.33. The van der Waals surface area contributed by atoms with Crippen LogP contribution in [0.2, 0.25) is 0 Å². The number of nitrogens with two attached hydrogens (primary N) is 2. The highest BCUT2D eigenvalue weighted by Crippen LogP contribution is 2.20. The second-order valence-corrected chi connectivity index (χ2v) is 18.5. The average molecular weight is 998 g/mol. The third-order valence-corrected chi connectivity index (χ3v) is 11.6. The van der Waals surface area contributed by atoms with E-state index in [1.807, 2.05) is 51.1 Å². The van der Waals surface area contributed by atoms with Crippen molar-refractivity contribution in [3.8, 4) is 0 Å². The van der Waals surface area contributed by atoms with Gasteiger partial charge in [0.25, 0.3) is 0 Å². The number of nitrogens with zero attached hydrogens (tertiary/aromatic N) is 1. The molecule has 0 spiro atoms. The van der Waals surface area contributed by atoms with Gasteiger partial charge in [0.05, 0.1) is 18.9 Å². The van der Waals surface area contributed by atoms with Gasteiger partial charge in [0.1, 0.15) is 36.3 Å². The molecule has 4 aromatic rings. The van der Waals surface area contributed by atoms with Crippen molar-refractivity contribution < 1.29 is 43.2 Å². The lowest BCUT2D eigenvalue weighted by Crippen LogP contribution is -2.59. The number of fused-ring (bicyclic) bond motifs is 1. The van der Waals surface area contributed by atoms with Crippen LogP contribution in [0.1, 0.15) is 84.0 Å². The first-order chi connectivity index (χ1) is 34.3. The molecule has 2 aromatic heterocycles. The summed E-state index contributed by atoms with van der Waals surface area (Å²) in [7, 11) is 0. The van der Waals surface area contributed by atoms with Crippen molar-refractivity contribution in [3.63, 3.8) is 0 Å². The van der Waals surface area contributed by atoms with E-state index in [4.69, 9.17) is 11.5 Å². The van der Waals surface area contributed by atoms with Gasteiger partial charge in [-0.05, 0) is 61.6 Å². The van der Waals surface area contributed by atoms with E-state index in [0.717, 1.165) is 16.5 Å². The summed E-state index contributed by atoms with van der Waals surface area (Å²) in [6.07, 6.45) is 5.24. The van der Waals surface area contributed by atoms with E-state index < -0.39 is 102 Å². The van der Waals surface area contributed by atoms with Gasteiger partial charge in [0.2, 0.25) is 53.2 Å². The van der Waals surface area contributed by atoms with E-state index in [9.17, 15) is 43.2 Å². The number of carbonyl (C=O) groups is 9. The molecule has 0 aliphatic rings. The van der Waals surface area contributed by atoms with Crippen LogP contribution in [0, 0.1) is 11.8 Å². The predicted octanol–water partition coefficient (Wildman–Crippen LogP) is -0.215. The Balaban J connectivity index is 1.44. The molecule has 14 N–H and O–H groups in total. The van der Waals surface area contributed by atoms with Crippen LogP contribution in [0.4, 0.5) is 0 Å². The molecule has 0 radical (unpaired) electrons. The van der Waals surface area contributed by atoms with E-state index in [0.29, 0.717) is 30.6 Å². The molecule has 72 heavy (non-hydrogen) atoms. The molecular weight excluding hydrogens is 927 g/mol. The fourth-order valence-electron chi connectivity index (χ4n) is 7.68. The Bertz CT molecular complexity index is 2460. The molecule has 0 saturated carbocycles. The van der Waals surface area contributed by atoms with E-state index in [1.54, 1.807) is 44.3 Å². The van der Waals surface area contributed by atoms with Crippen molar-refractivity contribution >= 4 is 64.1 Å². The van der Waals surface area contributed by atoms with Crippen LogP contribution in [0.15, 0.2) is 73.3 Å². The molecule has 22 nitrogen and oxygen atoms in total. The molecule has 2 aromatic carbocycles. The van der Waals surface area contributed by atoms with Gasteiger partial charge in [0, 0.05) is 54.8 Å². The summed E-state index contributed by atoms with van der Waals surface area (Å²) in [6, 6.07) is 8.08. The molecule has 0 aliphatic carbocycles. The van der Waals surface area contributed by atoms with Gasteiger partial charge in [-0.25, -0.2) is 4.98 Å². The van der Waals surface area contributed by atoms with Crippen molar-refractivity contribution in [3.05, 3.63) is 90.1 Å². The largest absolute Gasteiger partial charge is 0.370 e. The standard InChI is InChI=1S/C50H71N13O9/c1-7-19-54-46(68)38(20-28(2)3)61-49(71)40(23-33-25-53-27-57-33)59-42(65)26-56-50(72)43(29(4)5)63-44(66)30(6)58-48(70)39(22-32-24-55-36-16-12-11-15-34(32)36)62-47(69)37(17-18-41(52)64)60-45(67)35(51)21-31-13-9-8-10-14-31/h8-16,24-25,27-30,35,37-40,43,55H,7,17-23,26,51H2,1-6H3,(H2,52,64)(H,53,57)(H,54,68)(H,56,72)(H,58,70)(H,59,65)(H,60,67)(H,61,71)(H,62,69)(H,63,66)/t30-,35+,37-,38-,39-,40-,43-/m0/s1. The van der Waals surface area contributed by atoms with Gasteiger partial charge < -0.3 is 64.0 Å². The molecule has 4 rings (SSSR count). The third kappa shape index (κ3) is 18.3. The fraction of sp³-hybridized carbons (Fsp3) is 0.480. The number of hydrogen-bond acceptors (Lipinski definition) is 11. The summed E-state index contributed by atoms with van der Waals surface area (Å²) >= 11 is 0. The zero-order valence-corrected chi connectivity index (χ0v) is 41.8. The zero-order valence-electron chi connectivity index (χ0n) is 41.8.